The average molecular weight is 589 g/mol. The van der Waals surface area contributed by atoms with Gasteiger partial charge in [0, 0.05) is 50.0 Å². The van der Waals surface area contributed by atoms with Gasteiger partial charge in [-0.25, -0.2) is 23.4 Å². The molecule has 0 unspecified atom stereocenters. The van der Waals surface area contributed by atoms with Crippen molar-refractivity contribution in [1.82, 2.24) is 34.0 Å². The topological polar surface area (TPSA) is 134 Å². The summed E-state index contributed by atoms with van der Waals surface area (Å²) in [5.41, 5.74) is -0.524. The van der Waals surface area contributed by atoms with Gasteiger partial charge < -0.3 is 15.1 Å². The summed E-state index contributed by atoms with van der Waals surface area (Å²) >= 11 is 1.17. The molecule has 0 spiro atoms. The number of aryl methyl sites for hydroxylation is 1. The van der Waals surface area contributed by atoms with E-state index in [0.29, 0.717) is 35.3 Å². The lowest BCUT2D eigenvalue weighted by molar-refractivity contribution is -0.121. The maximum atomic E-state index is 13.8. The third-order valence-electron chi connectivity index (χ3n) is 7.46. The van der Waals surface area contributed by atoms with Crippen LogP contribution in [0.3, 0.4) is 0 Å². The number of likely N-dealkylation sites (tertiary alicyclic amines) is 1. The van der Waals surface area contributed by atoms with Crippen molar-refractivity contribution in [2.45, 2.75) is 50.5 Å². The minimum atomic E-state index is -3.96. The fraction of sp³-hybridized carbons (Fsp3) is 0.577. The van der Waals surface area contributed by atoms with Crippen molar-refractivity contribution >= 4 is 43.4 Å². The van der Waals surface area contributed by atoms with E-state index in [2.05, 4.69) is 25.2 Å². The van der Waals surface area contributed by atoms with E-state index < -0.39 is 15.6 Å². The highest BCUT2D eigenvalue weighted by molar-refractivity contribution is 7.89. The highest BCUT2D eigenvalue weighted by atomic mass is 32.2. The largest absolute Gasteiger partial charge is 0.354 e. The number of aromatic nitrogens is 4. The lowest BCUT2D eigenvalue weighted by Gasteiger charge is -2.33. The summed E-state index contributed by atoms with van der Waals surface area (Å²) in [5.74, 6) is 0.263. The van der Waals surface area contributed by atoms with Crippen molar-refractivity contribution < 1.29 is 13.2 Å². The Kier molecular flexibility index (Phi) is 9.08. The molecule has 5 heterocycles. The molecule has 0 radical (unpaired) electrons. The minimum Gasteiger partial charge on any atom is -0.354 e. The van der Waals surface area contributed by atoms with Crippen molar-refractivity contribution in [2.24, 2.45) is 0 Å². The lowest BCUT2D eigenvalue weighted by atomic mass is 10.2. The second kappa shape index (κ2) is 12.7. The summed E-state index contributed by atoms with van der Waals surface area (Å²) in [6, 6.07) is 1.73. The molecule has 0 aliphatic carbocycles. The molecule has 40 heavy (non-hydrogen) atoms. The van der Waals surface area contributed by atoms with Crippen LogP contribution in [-0.4, -0.2) is 95.4 Å². The van der Waals surface area contributed by atoms with E-state index in [1.165, 1.54) is 52.2 Å². The predicted molar refractivity (Wildman–Crippen MR) is 154 cm³/mol. The van der Waals surface area contributed by atoms with Crippen LogP contribution in [0.4, 0.5) is 5.95 Å². The number of carbonyl (C=O) groups is 1. The summed E-state index contributed by atoms with van der Waals surface area (Å²) in [6.45, 7) is 6.51. The SMILES string of the molecule is Cc1sc2ncn(CC(=O)NCCCN3CCCCCC3)c(=O)c2c1S(=O)(=O)N1CCN(c2ncccn2)CC1. The van der Waals surface area contributed by atoms with Crippen LogP contribution in [0.5, 0.6) is 0 Å². The number of sulfonamides is 1. The Labute approximate surface area is 238 Å². The number of hydrogen-bond acceptors (Lipinski definition) is 10. The summed E-state index contributed by atoms with van der Waals surface area (Å²) < 4.78 is 30.1. The molecule has 1 N–H and O–H groups in total. The molecule has 0 atom stereocenters. The van der Waals surface area contributed by atoms with Crippen LogP contribution in [0.25, 0.3) is 10.2 Å². The molecule has 3 aromatic heterocycles. The van der Waals surface area contributed by atoms with Gasteiger partial charge in [-0.15, -0.1) is 11.3 Å². The molecule has 216 valence electrons. The minimum absolute atomic E-state index is 0.0124. The van der Waals surface area contributed by atoms with Gasteiger partial charge in [-0.3, -0.25) is 14.2 Å². The molecule has 2 aliphatic rings. The molecule has 2 saturated heterocycles. The molecule has 1 amide bonds. The quantitative estimate of drug-likeness (QED) is 0.369. The molecule has 0 bridgehead atoms. The molecule has 14 heteroatoms. The average Bonchev–Trinajstić information content (AvgIpc) is 3.12. The van der Waals surface area contributed by atoms with Gasteiger partial charge in [0.2, 0.25) is 21.9 Å². The fourth-order valence-corrected chi connectivity index (χ4v) is 8.44. The maximum Gasteiger partial charge on any atom is 0.263 e. The molecule has 12 nitrogen and oxygen atoms in total. The number of piperazine rings is 1. The van der Waals surface area contributed by atoms with Crippen molar-refractivity contribution in [3.63, 3.8) is 0 Å². The first kappa shape index (κ1) is 28.6. The van der Waals surface area contributed by atoms with Gasteiger partial charge in [-0.1, -0.05) is 12.8 Å². The molecule has 0 saturated carbocycles. The van der Waals surface area contributed by atoms with Crippen LogP contribution >= 0.6 is 11.3 Å². The van der Waals surface area contributed by atoms with Crippen molar-refractivity contribution in [2.75, 3.05) is 57.3 Å². The number of anilines is 1. The Hall–Kier alpha value is -2.94. The van der Waals surface area contributed by atoms with Crippen LogP contribution in [-0.2, 0) is 21.4 Å². The summed E-state index contributed by atoms with van der Waals surface area (Å²) in [5, 5.41) is 2.94. The van der Waals surface area contributed by atoms with E-state index in [0.717, 1.165) is 26.1 Å². The summed E-state index contributed by atoms with van der Waals surface area (Å²) in [7, 11) is -3.96. The Morgan fingerprint density at radius 2 is 1.70 bits per heavy atom. The predicted octanol–water partition coefficient (Wildman–Crippen LogP) is 1.45. The molecular weight excluding hydrogens is 552 g/mol. The third kappa shape index (κ3) is 6.35. The highest BCUT2D eigenvalue weighted by Crippen LogP contribution is 2.33. The lowest BCUT2D eigenvalue weighted by Crippen LogP contribution is -2.49. The van der Waals surface area contributed by atoms with Crippen LogP contribution in [0.1, 0.15) is 37.0 Å². The highest BCUT2D eigenvalue weighted by Gasteiger charge is 2.34. The number of hydrogen-bond donors (Lipinski definition) is 1. The number of thiophene rings is 1. The standard InChI is InChI=1S/C26H36N8O4S2/c1-20-23(40(37,38)34-16-14-32(15-17-34)26-28-8-6-9-29-26)22-24(39-20)30-19-33(25(22)36)18-21(35)27-10-7-13-31-11-4-2-3-5-12-31/h6,8-9,19H,2-5,7,10-18H2,1H3,(H,27,35). The Balaban J connectivity index is 1.25. The van der Waals surface area contributed by atoms with E-state index in [-0.39, 0.29) is 35.8 Å². The normalized spacial score (nSPS) is 17.7. The van der Waals surface area contributed by atoms with Crippen molar-refractivity contribution in [3.8, 4) is 0 Å². The second-order valence-corrected chi connectivity index (χ2v) is 13.3. The number of nitrogens with zero attached hydrogens (tertiary/aromatic N) is 7. The number of rotatable bonds is 9. The van der Waals surface area contributed by atoms with Crippen LogP contribution in [0, 0.1) is 6.92 Å². The van der Waals surface area contributed by atoms with Crippen LogP contribution in [0.15, 0.2) is 34.5 Å². The van der Waals surface area contributed by atoms with E-state index >= 15 is 0 Å². The zero-order valence-corrected chi connectivity index (χ0v) is 24.4. The van der Waals surface area contributed by atoms with Gasteiger partial charge in [-0.05, 0) is 51.9 Å². The zero-order chi connectivity index (χ0) is 28.1. The third-order valence-corrected chi connectivity index (χ3v) is 10.7. The summed E-state index contributed by atoms with van der Waals surface area (Å²) in [6.07, 6.45) is 10.5. The monoisotopic (exact) mass is 588 g/mol. The Morgan fingerprint density at radius 3 is 2.40 bits per heavy atom. The van der Waals surface area contributed by atoms with Crippen LogP contribution in [0.2, 0.25) is 0 Å². The van der Waals surface area contributed by atoms with Gasteiger partial charge >= 0.3 is 0 Å². The molecule has 2 aliphatic heterocycles. The number of nitrogens with one attached hydrogen (secondary N) is 1. The first-order valence-electron chi connectivity index (χ1n) is 13.8. The van der Waals surface area contributed by atoms with Gasteiger partial charge in [0.25, 0.3) is 5.56 Å². The zero-order valence-electron chi connectivity index (χ0n) is 22.8. The van der Waals surface area contributed by atoms with Gasteiger partial charge in [0.05, 0.1) is 11.7 Å². The smallest absolute Gasteiger partial charge is 0.263 e. The number of fused-ring (bicyclic) bond motifs is 1. The molecule has 5 rings (SSSR count). The maximum absolute atomic E-state index is 13.8. The van der Waals surface area contributed by atoms with Crippen molar-refractivity contribution in [1.29, 1.82) is 0 Å². The Morgan fingerprint density at radius 1 is 1.00 bits per heavy atom. The Bertz CT molecular complexity index is 1480. The number of amides is 1. The van der Waals surface area contributed by atoms with Gasteiger partial charge in [0.1, 0.15) is 16.3 Å². The van der Waals surface area contributed by atoms with Crippen molar-refractivity contribution in [3.05, 3.63) is 40.0 Å². The van der Waals surface area contributed by atoms with E-state index in [9.17, 15) is 18.0 Å². The van der Waals surface area contributed by atoms with Gasteiger partial charge in [-0.2, -0.15) is 4.31 Å². The molecule has 0 aromatic carbocycles. The first-order valence-corrected chi connectivity index (χ1v) is 16.1. The fourth-order valence-electron chi connectivity index (χ4n) is 5.35. The number of carbonyl (C=O) groups excluding carboxylic acids is 1. The summed E-state index contributed by atoms with van der Waals surface area (Å²) in [4.78, 5) is 44.2. The second-order valence-electron chi connectivity index (χ2n) is 10.2. The van der Waals surface area contributed by atoms with Gasteiger partial charge in [0.15, 0.2) is 0 Å². The molecule has 3 aromatic rings. The van der Waals surface area contributed by atoms with E-state index in [1.54, 1.807) is 25.4 Å². The van der Waals surface area contributed by atoms with E-state index in [4.69, 9.17) is 0 Å². The van der Waals surface area contributed by atoms with Crippen LogP contribution < -0.4 is 15.8 Å². The molecular formula is C26H36N8O4S2. The molecule has 2 fully saturated rings. The van der Waals surface area contributed by atoms with E-state index in [1.807, 2.05) is 4.90 Å². The first-order chi connectivity index (χ1) is 19.3.